The van der Waals surface area contributed by atoms with Gasteiger partial charge in [-0.15, -0.1) is 0 Å². The normalized spacial score (nSPS) is 13.4. The van der Waals surface area contributed by atoms with Gasteiger partial charge in [-0.1, -0.05) is 18.2 Å². The van der Waals surface area contributed by atoms with E-state index in [-0.39, 0.29) is 0 Å². The van der Waals surface area contributed by atoms with Crippen LogP contribution in [0.3, 0.4) is 0 Å². The van der Waals surface area contributed by atoms with E-state index in [1.807, 2.05) is 42.6 Å². The number of anilines is 3. The smallest absolute Gasteiger partial charge is 0.231 e. The molecule has 0 bridgehead atoms. The quantitative estimate of drug-likeness (QED) is 0.357. The van der Waals surface area contributed by atoms with Crippen LogP contribution >= 0.6 is 0 Å². The van der Waals surface area contributed by atoms with Crippen LogP contribution in [-0.2, 0) is 0 Å². The van der Waals surface area contributed by atoms with E-state index in [1.54, 1.807) is 13.4 Å². The molecule has 6 rings (SSSR count). The van der Waals surface area contributed by atoms with E-state index >= 15 is 0 Å². The molecule has 32 heavy (non-hydrogen) atoms. The minimum absolute atomic E-state index is 0.472. The van der Waals surface area contributed by atoms with Crippen molar-refractivity contribution in [2.45, 2.75) is 18.9 Å². The molecule has 1 aliphatic rings. The number of imidazole rings is 1. The third-order valence-corrected chi connectivity index (χ3v) is 5.60. The zero-order chi connectivity index (χ0) is 21.5. The third kappa shape index (κ3) is 3.35. The van der Waals surface area contributed by atoms with Gasteiger partial charge in [0.1, 0.15) is 11.3 Å². The van der Waals surface area contributed by atoms with Gasteiger partial charge in [0.15, 0.2) is 11.5 Å². The first kappa shape index (κ1) is 18.6. The van der Waals surface area contributed by atoms with Crippen molar-refractivity contribution in [1.29, 1.82) is 0 Å². The molecular formula is C24H21N7O. The highest BCUT2D eigenvalue weighted by molar-refractivity contribution is 5.97. The second-order valence-corrected chi connectivity index (χ2v) is 7.83. The molecule has 8 nitrogen and oxygen atoms in total. The number of nitrogens with zero attached hydrogens (tertiary/aromatic N) is 4. The second kappa shape index (κ2) is 7.49. The highest BCUT2D eigenvalue weighted by atomic mass is 16.5. The van der Waals surface area contributed by atoms with Crippen LogP contribution in [0.2, 0.25) is 0 Å². The summed E-state index contributed by atoms with van der Waals surface area (Å²) in [4.78, 5) is 21.2. The van der Waals surface area contributed by atoms with Crippen molar-refractivity contribution < 1.29 is 4.74 Å². The Morgan fingerprint density at radius 2 is 1.91 bits per heavy atom. The summed E-state index contributed by atoms with van der Waals surface area (Å²) in [6, 6.07) is 16.5. The highest BCUT2D eigenvalue weighted by Crippen LogP contribution is 2.35. The molecule has 0 unspecified atom stereocenters. The van der Waals surface area contributed by atoms with E-state index in [0.29, 0.717) is 17.6 Å². The number of aromatic amines is 1. The number of benzene rings is 2. The topological polar surface area (TPSA) is 101 Å². The minimum Gasteiger partial charge on any atom is -0.496 e. The predicted octanol–water partition coefficient (Wildman–Crippen LogP) is 4.89. The van der Waals surface area contributed by atoms with Crippen LogP contribution < -0.4 is 15.4 Å². The van der Waals surface area contributed by atoms with E-state index in [4.69, 9.17) is 9.72 Å². The Bertz CT molecular complexity index is 1440. The molecule has 0 saturated heterocycles. The van der Waals surface area contributed by atoms with Gasteiger partial charge in [-0.3, -0.25) is 4.98 Å². The third-order valence-electron chi connectivity index (χ3n) is 5.60. The summed E-state index contributed by atoms with van der Waals surface area (Å²) in [6.07, 6.45) is 5.78. The first-order valence-corrected chi connectivity index (χ1v) is 10.6. The molecule has 0 aliphatic heterocycles. The number of rotatable bonds is 6. The molecule has 3 aromatic heterocycles. The maximum absolute atomic E-state index is 5.58. The molecule has 8 heteroatoms. The predicted molar refractivity (Wildman–Crippen MR) is 125 cm³/mol. The maximum Gasteiger partial charge on any atom is 0.231 e. The molecule has 2 aromatic carbocycles. The van der Waals surface area contributed by atoms with Gasteiger partial charge in [0.2, 0.25) is 5.95 Å². The van der Waals surface area contributed by atoms with Crippen LogP contribution in [-0.4, -0.2) is 38.1 Å². The fourth-order valence-electron chi connectivity index (χ4n) is 3.87. The first-order valence-electron chi connectivity index (χ1n) is 10.6. The Kier molecular flexibility index (Phi) is 4.34. The van der Waals surface area contributed by atoms with Crippen LogP contribution in [0.25, 0.3) is 33.2 Å². The number of hydrogen-bond acceptors (Lipinski definition) is 7. The van der Waals surface area contributed by atoms with Crippen LogP contribution in [0.4, 0.5) is 17.5 Å². The summed E-state index contributed by atoms with van der Waals surface area (Å²) in [6.45, 7) is 0. The molecular weight excluding hydrogens is 402 g/mol. The van der Waals surface area contributed by atoms with Crippen LogP contribution in [0.15, 0.2) is 61.1 Å². The monoisotopic (exact) mass is 423 g/mol. The van der Waals surface area contributed by atoms with Gasteiger partial charge in [-0.25, -0.2) is 4.98 Å². The molecule has 1 fully saturated rings. The van der Waals surface area contributed by atoms with Gasteiger partial charge in [-0.05, 0) is 48.7 Å². The Balaban J connectivity index is 1.41. The molecule has 3 heterocycles. The summed E-state index contributed by atoms with van der Waals surface area (Å²) in [5.74, 6) is 2.09. The number of hydrogen-bond donors (Lipinski definition) is 3. The molecule has 5 aromatic rings. The summed E-state index contributed by atoms with van der Waals surface area (Å²) >= 11 is 0. The minimum atomic E-state index is 0.472. The van der Waals surface area contributed by atoms with Crippen LogP contribution in [0.5, 0.6) is 5.75 Å². The lowest BCUT2D eigenvalue weighted by Gasteiger charge is -2.13. The molecule has 0 radical (unpaired) electrons. The Morgan fingerprint density at radius 3 is 2.78 bits per heavy atom. The van der Waals surface area contributed by atoms with Crippen molar-refractivity contribution in [3.8, 4) is 16.9 Å². The summed E-state index contributed by atoms with van der Waals surface area (Å²) in [5.41, 5.74) is 5.29. The van der Waals surface area contributed by atoms with Gasteiger partial charge in [0, 0.05) is 28.9 Å². The van der Waals surface area contributed by atoms with Gasteiger partial charge < -0.3 is 20.4 Å². The summed E-state index contributed by atoms with van der Waals surface area (Å²) < 4.78 is 5.58. The molecule has 158 valence electrons. The van der Waals surface area contributed by atoms with Crippen LogP contribution in [0, 0.1) is 0 Å². The van der Waals surface area contributed by atoms with E-state index in [2.05, 4.69) is 42.7 Å². The Morgan fingerprint density at radius 1 is 1.00 bits per heavy atom. The lowest BCUT2D eigenvalue weighted by atomic mass is 10.00. The Hall–Kier alpha value is -4.20. The van der Waals surface area contributed by atoms with Gasteiger partial charge in [0.05, 0.1) is 19.0 Å². The number of fused-ring (bicyclic) bond motifs is 2. The molecule has 3 N–H and O–H groups in total. The number of aromatic nitrogens is 5. The molecule has 0 spiro atoms. The second-order valence-electron chi connectivity index (χ2n) is 7.83. The van der Waals surface area contributed by atoms with E-state index in [9.17, 15) is 0 Å². The first-order chi connectivity index (χ1) is 15.8. The molecule has 1 aliphatic carbocycles. The van der Waals surface area contributed by atoms with Gasteiger partial charge in [-0.2, -0.15) is 9.97 Å². The number of ether oxygens (including phenoxy) is 1. The standard InChI is InChI=1S/C24H21N7O/c1-32-20-5-3-2-4-17(20)16-10-11-25-19-9-8-15(12-18(16)19)29-24-30-22-21(26-13-27-22)23(31-24)28-14-6-7-14/h2-5,8-14H,6-7H2,1H3,(H3,26,27,28,29,30,31). The van der Waals surface area contributed by atoms with Gasteiger partial charge in [0.25, 0.3) is 0 Å². The zero-order valence-corrected chi connectivity index (χ0v) is 17.5. The molecule has 1 saturated carbocycles. The van der Waals surface area contributed by atoms with E-state index < -0.39 is 0 Å². The van der Waals surface area contributed by atoms with Crippen molar-refractivity contribution >= 4 is 39.5 Å². The maximum atomic E-state index is 5.58. The van der Waals surface area contributed by atoms with E-state index in [0.717, 1.165) is 57.6 Å². The fourth-order valence-corrected chi connectivity index (χ4v) is 3.87. The van der Waals surface area contributed by atoms with Crippen molar-refractivity contribution in [2.24, 2.45) is 0 Å². The molecule has 0 amide bonds. The van der Waals surface area contributed by atoms with Crippen molar-refractivity contribution in [3.05, 3.63) is 61.1 Å². The van der Waals surface area contributed by atoms with Gasteiger partial charge >= 0.3 is 0 Å². The number of pyridine rings is 1. The number of methoxy groups -OCH3 is 1. The number of H-pyrrole nitrogens is 1. The largest absolute Gasteiger partial charge is 0.496 e. The lowest BCUT2D eigenvalue weighted by molar-refractivity contribution is 0.416. The average molecular weight is 423 g/mol. The van der Waals surface area contributed by atoms with Crippen LogP contribution in [0.1, 0.15) is 12.8 Å². The highest BCUT2D eigenvalue weighted by Gasteiger charge is 2.23. The zero-order valence-electron chi connectivity index (χ0n) is 17.5. The number of para-hydroxylation sites is 1. The summed E-state index contributed by atoms with van der Waals surface area (Å²) in [7, 11) is 1.69. The summed E-state index contributed by atoms with van der Waals surface area (Å²) in [5, 5.41) is 7.82. The van der Waals surface area contributed by atoms with Crippen molar-refractivity contribution in [3.63, 3.8) is 0 Å². The number of nitrogens with one attached hydrogen (secondary N) is 3. The average Bonchev–Trinajstić information content (AvgIpc) is 3.51. The van der Waals surface area contributed by atoms with Crippen molar-refractivity contribution in [1.82, 2.24) is 24.9 Å². The van der Waals surface area contributed by atoms with Crippen molar-refractivity contribution in [2.75, 3.05) is 17.7 Å². The lowest BCUT2D eigenvalue weighted by Crippen LogP contribution is -2.07. The Labute approximate surface area is 184 Å². The molecule has 0 atom stereocenters. The van der Waals surface area contributed by atoms with E-state index in [1.165, 1.54) is 0 Å². The fraction of sp³-hybridized carbons (Fsp3) is 0.167. The SMILES string of the molecule is COc1ccccc1-c1ccnc2ccc(Nc3nc(NC4CC4)c4[nH]cnc4n3)cc12.